The molecule has 6 heteroatoms. The highest BCUT2D eigenvalue weighted by molar-refractivity contribution is 5.51. The quantitative estimate of drug-likeness (QED) is 0.855. The molecule has 3 rings (SSSR count). The molecule has 1 saturated heterocycles. The Labute approximate surface area is 104 Å². The molecule has 1 fully saturated rings. The summed E-state index contributed by atoms with van der Waals surface area (Å²) in [5, 5.41) is 7.28. The van der Waals surface area contributed by atoms with Gasteiger partial charge in [-0.1, -0.05) is 5.16 Å². The molecule has 1 aliphatic heterocycles. The molecule has 1 aliphatic rings. The fraction of sp³-hybridized carbons (Fsp3) is 0.417. The summed E-state index contributed by atoms with van der Waals surface area (Å²) in [6.45, 7) is 4.08. The lowest BCUT2D eigenvalue weighted by Gasteiger charge is -2.20. The van der Waals surface area contributed by atoms with Gasteiger partial charge in [-0.2, -0.15) is 4.98 Å². The maximum atomic E-state index is 5.37. The number of pyridine rings is 1. The van der Waals surface area contributed by atoms with Crippen LogP contribution >= 0.6 is 0 Å². The Bertz CT molecular complexity index is 534. The van der Waals surface area contributed by atoms with E-state index < -0.39 is 0 Å². The molecule has 0 aromatic carbocycles. The number of hydrogen-bond donors (Lipinski definition) is 1. The van der Waals surface area contributed by atoms with Crippen molar-refractivity contribution in [2.45, 2.75) is 13.0 Å². The summed E-state index contributed by atoms with van der Waals surface area (Å²) in [7, 11) is 0. The van der Waals surface area contributed by atoms with E-state index in [1.165, 1.54) is 0 Å². The van der Waals surface area contributed by atoms with Crippen molar-refractivity contribution in [2.75, 3.05) is 19.8 Å². The van der Waals surface area contributed by atoms with Crippen LogP contribution < -0.4 is 5.32 Å². The largest absolute Gasteiger partial charge is 0.378 e. The van der Waals surface area contributed by atoms with Crippen molar-refractivity contribution in [1.29, 1.82) is 0 Å². The summed E-state index contributed by atoms with van der Waals surface area (Å²) in [4.78, 5) is 8.50. The first kappa shape index (κ1) is 11.3. The van der Waals surface area contributed by atoms with Gasteiger partial charge in [0, 0.05) is 18.9 Å². The van der Waals surface area contributed by atoms with Crippen molar-refractivity contribution >= 4 is 0 Å². The van der Waals surface area contributed by atoms with Crippen molar-refractivity contribution in [2.24, 2.45) is 0 Å². The highest BCUT2D eigenvalue weighted by Gasteiger charge is 2.21. The Balaban J connectivity index is 1.84. The van der Waals surface area contributed by atoms with Gasteiger partial charge in [0.15, 0.2) is 5.82 Å². The Hall–Kier alpha value is -1.79. The van der Waals surface area contributed by atoms with Gasteiger partial charge in [0.25, 0.3) is 5.89 Å². The van der Waals surface area contributed by atoms with Crippen LogP contribution in [0.4, 0.5) is 0 Å². The molecule has 0 aliphatic carbocycles. The van der Waals surface area contributed by atoms with Gasteiger partial charge in [-0.3, -0.25) is 4.98 Å². The smallest absolute Gasteiger partial charge is 0.259 e. The normalized spacial score (nSPS) is 19.9. The summed E-state index contributed by atoms with van der Waals surface area (Å²) >= 11 is 0. The minimum Gasteiger partial charge on any atom is -0.378 e. The van der Waals surface area contributed by atoms with E-state index in [0.717, 1.165) is 24.3 Å². The molecule has 2 aromatic heterocycles. The number of hydrogen-bond acceptors (Lipinski definition) is 6. The highest BCUT2D eigenvalue weighted by atomic mass is 16.5. The van der Waals surface area contributed by atoms with E-state index in [-0.39, 0.29) is 6.04 Å². The third kappa shape index (κ3) is 2.25. The highest BCUT2D eigenvalue weighted by Crippen LogP contribution is 2.20. The second-order valence-corrected chi connectivity index (χ2v) is 4.29. The SMILES string of the molecule is Cc1cncc(-c2nc(C3COCCN3)no2)c1. The van der Waals surface area contributed by atoms with E-state index in [1.54, 1.807) is 12.4 Å². The Morgan fingerprint density at radius 3 is 3.11 bits per heavy atom. The molecule has 94 valence electrons. The van der Waals surface area contributed by atoms with E-state index in [1.807, 2.05) is 13.0 Å². The molecule has 2 aromatic rings. The summed E-state index contributed by atoms with van der Waals surface area (Å²) in [5.74, 6) is 1.12. The number of aryl methyl sites for hydroxylation is 1. The van der Waals surface area contributed by atoms with Crippen LogP contribution in [0.5, 0.6) is 0 Å². The molecule has 6 nitrogen and oxygen atoms in total. The van der Waals surface area contributed by atoms with Gasteiger partial charge in [-0.05, 0) is 18.6 Å². The summed E-state index contributed by atoms with van der Waals surface area (Å²) < 4.78 is 10.6. The maximum Gasteiger partial charge on any atom is 0.259 e. The Morgan fingerprint density at radius 2 is 2.33 bits per heavy atom. The van der Waals surface area contributed by atoms with Gasteiger partial charge in [0.2, 0.25) is 0 Å². The number of rotatable bonds is 2. The fourth-order valence-corrected chi connectivity index (χ4v) is 1.90. The van der Waals surface area contributed by atoms with Gasteiger partial charge < -0.3 is 14.6 Å². The van der Waals surface area contributed by atoms with Crippen LogP contribution in [-0.2, 0) is 4.74 Å². The fourth-order valence-electron chi connectivity index (χ4n) is 1.90. The number of nitrogens with zero attached hydrogens (tertiary/aromatic N) is 3. The number of aromatic nitrogens is 3. The zero-order valence-electron chi connectivity index (χ0n) is 10.1. The lowest BCUT2D eigenvalue weighted by atomic mass is 10.2. The standard InChI is InChI=1S/C12H14N4O2/c1-8-4-9(6-13-5-8)12-15-11(16-18-12)10-7-17-3-2-14-10/h4-6,10,14H,2-3,7H2,1H3. The third-order valence-electron chi connectivity index (χ3n) is 2.80. The molecule has 0 bridgehead atoms. The average molecular weight is 246 g/mol. The second kappa shape index (κ2) is 4.83. The molecule has 0 saturated carbocycles. The Kier molecular flexibility index (Phi) is 3.04. The second-order valence-electron chi connectivity index (χ2n) is 4.29. The van der Waals surface area contributed by atoms with E-state index in [4.69, 9.17) is 9.26 Å². The van der Waals surface area contributed by atoms with Gasteiger partial charge in [0.1, 0.15) is 0 Å². The summed E-state index contributed by atoms with van der Waals surface area (Å²) in [5.41, 5.74) is 1.90. The Morgan fingerprint density at radius 1 is 1.39 bits per heavy atom. The van der Waals surface area contributed by atoms with Crippen LogP contribution in [0.25, 0.3) is 11.5 Å². The molecule has 1 atom stereocenters. The molecule has 1 unspecified atom stereocenters. The first-order valence-electron chi connectivity index (χ1n) is 5.90. The lowest BCUT2D eigenvalue weighted by Crippen LogP contribution is -2.35. The van der Waals surface area contributed by atoms with Crippen molar-refractivity contribution < 1.29 is 9.26 Å². The maximum absolute atomic E-state index is 5.37. The zero-order chi connectivity index (χ0) is 12.4. The predicted octanol–water partition coefficient (Wildman–Crippen LogP) is 1.10. The first-order chi connectivity index (χ1) is 8.83. The van der Waals surface area contributed by atoms with Gasteiger partial charge >= 0.3 is 0 Å². The molecular weight excluding hydrogens is 232 g/mol. The van der Waals surface area contributed by atoms with Gasteiger partial charge in [-0.25, -0.2) is 0 Å². The van der Waals surface area contributed by atoms with Crippen molar-refractivity contribution in [3.8, 4) is 11.5 Å². The lowest BCUT2D eigenvalue weighted by molar-refractivity contribution is 0.0734. The predicted molar refractivity (Wildman–Crippen MR) is 63.8 cm³/mol. The monoisotopic (exact) mass is 246 g/mol. The average Bonchev–Trinajstić information content (AvgIpc) is 2.89. The first-order valence-corrected chi connectivity index (χ1v) is 5.90. The minimum absolute atomic E-state index is 0.00835. The number of nitrogens with one attached hydrogen (secondary N) is 1. The summed E-state index contributed by atoms with van der Waals surface area (Å²) in [6.07, 6.45) is 3.51. The molecule has 0 spiro atoms. The van der Waals surface area contributed by atoms with Crippen LogP contribution in [0.1, 0.15) is 17.4 Å². The van der Waals surface area contributed by atoms with E-state index in [2.05, 4.69) is 20.4 Å². The van der Waals surface area contributed by atoms with Crippen LogP contribution in [0.2, 0.25) is 0 Å². The molecule has 0 radical (unpaired) electrons. The van der Waals surface area contributed by atoms with Gasteiger partial charge in [0.05, 0.1) is 24.8 Å². The molecule has 1 N–H and O–H groups in total. The molecule has 18 heavy (non-hydrogen) atoms. The van der Waals surface area contributed by atoms with E-state index >= 15 is 0 Å². The van der Waals surface area contributed by atoms with Gasteiger partial charge in [-0.15, -0.1) is 0 Å². The third-order valence-corrected chi connectivity index (χ3v) is 2.80. The molecular formula is C12H14N4O2. The van der Waals surface area contributed by atoms with Crippen molar-refractivity contribution in [3.63, 3.8) is 0 Å². The zero-order valence-corrected chi connectivity index (χ0v) is 10.1. The van der Waals surface area contributed by atoms with Crippen LogP contribution in [0.15, 0.2) is 23.0 Å². The number of morpholine rings is 1. The molecule has 3 heterocycles. The van der Waals surface area contributed by atoms with E-state index in [9.17, 15) is 0 Å². The van der Waals surface area contributed by atoms with E-state index in [0.29, 0.717) is 18.3 Å². The van der Waals surface area contributed by atoms with Crippen LogP contribution in [0, 0.1) is 6.92 Å². The molecule has 0 amide bonds. The van der Waals surface area contributed by atoms with Crippen molar-refractivity contribution in [3.05, 3.63) is 29.8 Å². The minimum atomic E-state index is 0.00835. The number of ether oxygens (including phenoxy) is 1. The topological polar surface area (TPSA) is 73.1 Å². The van der Waals surface area contributed by atoms with Crippen LogP contribution in [-0.4, -0.2) is 34.9 Å². The van der Waals surface area contributed by atoms with Crippen molar-refractivity contribution in [1.82, 2.24) is 20.4 Å². The summed E-state index contributed by atoms with van der Waals surface area (Å²) in [6, 6.07) is 1.98. The van der Waals surface area contributed by atoms with Crippen LogP contribution in [0.3, 0.4) is 0 Å².